The van der Waals surface area contributed by atoms with Crippen LogP contribution in [0.1, 0.15) is 25.0 Å². The summed E-state index contributed by atoms with van der Waals surface area (Å²) < 4.78 is 12.9. The Kier molecular flexibility index (Phi) is 4.94. The summed E-state index contributed by atoms with van der Waals surface area (Å²) in [6.45, 7) is 6.52. The first-order valence-corrected chi connectivity index (χ1v) is 5.80. The molecular weight excluding hydrogens is 217 g/mol. The monoisotopic (exact) mass is 237 g/mol. The Bertz CT molecular complexity index is 400. The quantitative estimate of drug-likeness (QED) is 0.621. The van der Waals surface area contributed by atoms with Crippen molar-refractivity contribution in [3.63, 3.8) is 0 Å². The minimum atomic E-state index is -0.198. The molecule has 3 N–H and O–H groups in total. The molecule has 1 rings (SSSR count). The highest BCUT2D eigenvalue weighted by molar-refractivity contribution is 5.78. The molecule has 3 nitrogen and oxygen atoms in total. The second kappa shape index (κ2) is 6.23. The van der Waals surface area contributed by atoms with Crippen molar-refractivity contribution < 1.29 is 4.39 Å². The highest BCUT2D eigenvalue weighted by Gasteiger charge is 2.00. The Morgan fingerprint density at radius 1 is 1.47 bits per heavy atom. The first-order valence-electron chi connectivity index (χ1n) is 5.80. The van der Waals surface area contributed by atoms with Crippen LogP contribution in [0.4, 0.5) is 4.39 Å². The number of halogens is 1. The molecule has 0 bridgehead atoms. The van der Waals surface area contributed by atoms with E-state index in [1.54, 1.807) is 6.07 Å². The SMILES string of the molecule is Cc1cc(F)ccc1CCN=C(N)NC(C)C. The number of nitrogens with two attached hydrogens (primary N) is 1. The van der Waals surface area contributed by atoms with E-state index in [1.165, 1.54) is 12.1 Å². The highest BCUT2D eigenvalue weighted by atomic mass is 19.1. The van der Waals surface area contributed by atoms with Gasteiger partial charge in [0.05, 0.1) is 0 Å². The number of guanidine groups is 1. The van der Waals surface area contributed by atoms with Gasteiger partial charge in [0.25, 0.3) is 0 Å². The van der Waals surface area contributed by atoms with Crippen molar-refractivity contribution in [2.75, 3.05) is 6.54 Å². The minimum Gasteiger partial charge on any atom is -0.370 e. The fraction of sp³-hybridized carbons (Fsp3) is 0.462. The average molecular weight is 237 g/mol. The molecule has 0 aliphatic rings. The predicted octanol–water partition coefficient (Wildman–Crippen LogP) is 1.99. The van der Waals surface area contributed by atoms with E-state index in [0.29, 0.717) is 12.5 Å². The second-order valence-corrected chi connectivity index (χ2v) is 4.39. The molecule has 1 aromatic carbocycles. The van der Waals surface area contributed by atoms with Crippen molar-refractivity contribution in [2.24, 2.45) is 10.7 Å². The Labute approximate surface area is 102 Å². The summed E-state index contributed by atoms with van der Waals surface area (Å²) in [5.74, 6) is 0.260. The zero-order valence-electron chi connectivity index (χ0n) is 10.6. The van der Waals surface area contributed by atoms with E-state index < -0.39 is 0 Å². The zero-order chi connectivity index (χ0) is 12.8. The number of nitrogens with one attached hydrogen (secondary N) is 1. The Morgan fingerprint density at radius 3 is 2.76 bits per heavy atom. The van der Waals surface area contributed by atoms with Crippen LogP contribution < -0.4 is 11.1 Å². The number of nitrogens with zero attached hydrogens (tertiary/aromatic N) is 1. The molecule has 0 heterocycles. The van der Waals surface area contributed by atoms with Crippen LogP contribution in [0.5, 0.6) is 0 Å². The van der Waals surface area contributed by atoms with Crippen LogP contribution in [0.15, 0.2) is 23.2 Å². The van der Waals surface area contributed by atoms with E-state index in [4.69, 9.17) is 5.73 Å². The molecule has 0 radical (unpaired) electrons. The summed E-state index contributed by atoms with van der Waals surface area (Å²) >= 11 is 0. The molecule has 1 aromatic rings. The number of hydrogen-bond acceptors (Lipinski definition) is 1. The Hall–Kier alpha value is -1.58. The largest absolute Gasteiger partial charge is 0.370 e. The van der Waals surface area contributed by atoms with Crippen LogP contribution in [0, 0.1) is 12.7 Å². The Morgan fingerprint density at radius 2 is 2.18 bits per heavy atom. The van der Waals surface area contributed by atoms with Crippen LogP contribution in [-0.4, -0.2) is 18.5 Å². The van der Waals surface area contributed by atoms with Gasteiger partial charge in [-0.3, -0.25) is 4.99 Å². The Balaban J connectivity index is 2.50. The molecule has 0 aliphatic carbocycles. The van der Waals surface area contributed by atoms with Gasteiger partial charge in [-0.15, -0.1) is 0 Å². The summed E-state index contributed by atoms with van der Waals surface area (Å²) in [5.41, 5.74) is 7.74. The highest BCUT2D eigenvalue weighted by Crippen LogP contribution is 2.10. The lowest BCUT2D eigenvalue weighted by Crippen LogP contribution is -2.36. The lowest BCUT2D eigenvalue weighted by atomic mass is 10.1. The maximum absolute atomic E-state index is 12.9. The van der Waals surface area contributed by atoms with Gasteiger partial charge in [-0.25, -0.2) is 4.39 Å². The summed E-state index contributed by atoms with van der Waals surface area (Å²) in [7, 11) is 0. The second-order valence-electron chi connectivity index (χ2n) is 4.39. The van der Waals surface area contributed by atoms with Gasteiger partial charge in [-0.05, 0) is 50.5 Å². The molecule has 0 spiro atoms. The third-order valence-electron chi connectivity index (χ3n) is 2.40. The van der Waals surface area contributed by atoms with Crippen molar-refractivity contribution in [3.05, 3.63) is 35.1 Å². The molecule has 0 amide bonds. The molecule has 4 heteroatoms. The van der Waals surface area contributed by atoms with Crippen LogP contribution in [-0.2, 0) is 6.42 Å². The molecule has 0 unspecified atom stereocenters. The number of aryl methyl sites for hydroxylation is 1. The van der Waals surface area contributed by atoms with E-state index in [9.17, 15) is 4.39 Å². The summed E-state index contributed by atoms with van der Waals surface area (Å²) in [5, 5.41) is 3.02. The van der Waals surface area contributed by atoms with Crippen LogP contribution in [0.3, 0.4) is 0 Å². The third-order valence-corrected chi connectivity index (χ3v) is 2.40. The van der Waals surface area contributed by atoms with Crippen LogP contribution in [0.2, 0.25) is 0 Å². The van der Waals surface area contributed by atoms with Gasteiger partial charge in [-0.2, -0.15) is 0 Å². The van der Waals surface area contributed by atoms with Crippen molar-refractivity contribution in [1.29, 1.82) is 0 Å². The first kappa shape index (κ1) is 13.5. The molecule has 0 atom stereocenters. The number of rotatable bonds is 4. The van der Waals surface area contributed by atoms with Gasteiger partial charge in [0.1, 0.15) is 5.82 Å². The molecular formula is C13H20FN3. The van der Waals surface area contributed by atoms with Gasteiger partial charge >= 0.3 is 0 Å². The van der Waals surface area contributed by atoms with Crippen LogP contribution in [0.25, 0.3) is 0 Å². The maximum atomic E-state index is 12.9. The van der Waals surface area contributed by atoms with E-state index >= 15 is 0 Å². The molecule has 0 fully saturated rings. The average Bonchev–Trinajstić information content (AvgIpc) is 2.20. The molecule has 94 valence electrons. The normalized spacial score (nSPS) is 11.9. The lowest BCUT2D eigenvalue weighted by Gasteiger charge is -2.09. The van der Waals surface area contributed by atoms with Gasteiger partial charge in [0.2, 0.25) is 0 Å². The fourth-order valence-electron chi connectivity index (χ4n) is 1.58. The van der Waals surface area contributed by atoms with Gasteiger partial charge < -0.3 is 11.1 Å². The molecule has 17 heavy (non-hydrogen) atoms. The predicted molar refractivity (Wildman–Crippen MR) is 69.6 cm³/mol. The van der Waals surface area contributed by atoms with Gasteiger partial charge in [0, 0.05) is 12.6 Å². The number of hydrogen-bond donors (Lipinski definition) is 2. The van der Waals surface area contributed by atoms with E-state index in [-0.39, 0.29) is 11.9 Å². The van der Waals surface area contributed by atoms with Crippen molar-refractivity contribution in [2.45, 2.75) is 33.2 Å². The smallest absolute Gasteiger partial charge is 0.188 e. The lowest BCUT2D eigenvalue weighted by molar-refractivity contribution is 0.625. The maximum Gasteiger partial charge on any atom is 0.188 e. The minimum absolute atomic E-state index is 0.198. The first-order chi connectivity index (χ1) is 7.99. The zero-order valence-corrected chi connectivity index (χ0v) is 10.6. The van der Waals surface area contributed by atoms with Crippen molar-refractivity contribution in [3.8, 4) is 0 Å². The molecule has 0 saturated carbocycles. The molecule has 0 aromatic heterocycles. The van der Waals surface area contributed by atoms with E-state index in [2.05, 4.69) is 10.3 Å². The summed E-state index contributed by atoms with van der Waals surface area (Å²) in [4.78, 5) is 4.21. The van der Waals surface area contributed by atoms with Crippen LogP contribution >= 0.6 is 0 Å². The molecule has 0 saturated heterocycles. The summed E-state index contributed by atoms with van der Waals surface area (Å²) in [6.07, 6.45) is 0.770. The standard InChI is InChI=1S/C13H20FN3/c1-9(2)17-13(15)16-7-6-11-4-5-12(14)8-10(11)3/h4-5,8-9H,6-7H2,1-3H3,(H3,15,16,17). The van der Waals surface area contributed by atoms with Crippen molar-refractivity contribution >= 4 is 5.96 Å². The van der Waals surface area contributed by atoms with Gasteiger partial charge in [0.15, 0.2) is 5.96 Å². The molecule has 0 aliphatic heterocycles. The third kappa shape index (κ3) is 4.85. The van der Waals surface area contributed by atoms with E-state index in [0.717, 1.165) is 17.5 Å². The fourth-order valence-corrected chi connectivity index (χ4v) is 1.58. The summed E-state index contributed by atoms with van der Waals surface area (Å²) in [6, 6.07) is 5.09. The van der Waals surface area contributed by atoms with E-state index in [1.807, 2.05) is 20.8 Å². The van der Waals surface area contributed by atoms with Gasteiger partial charge in [-0.1, -0.05) is 6.07 Å². The number of benzene rings is 1. The van der Waals surface area contributed by atoms with Crippen molar-refractivity contribution in [1.82, 2.24) is 5.32 Å². The topological polar surface area (TPSA) is 50.4 Å². The number of aliphatic imine (C=N–C) groups is 1.